The monoisotopic (exact) mass is 545 g/mol. The highest BCUT2D eigenvalue weighted by molar-refractivity contribution is 7.47. The Bertz CT molecular complexity index is 832. The first kappa shape index (κ1) is 32.1. The number of ether oxygens (including phenoxy) is 2. The number of benzene rings is 1. The molecule has 1 aromatic rings. The summed E-state index contributed by atoms with van der Waals surface area (Å²) in [5, 5.41) is 21.3. The average molecular weight is 545 g/mol. The molecule has 1 aromatic carbocycles. The molecule has 0 radical (unpaired) electrons. The molecule has 0 amide bonds. The van der Waals surface area contributed by atoms with Crippen LogP contribution in [0.15, 0.2) is 24.3 Å². The maximum absolute atomic E-state index is 12.4. The summed E-state index contributed by atoms with van der Waals surface area (Å²) >= 11 is 0. The summed E-state index contributed by atoms with van der Waals surface area (Å²) in [6, 6.07) is 5.15. The highest BCUT2D eigenvalue weighted by Crippen LogP contribution is 2.46. The molecule has 0 bridgehead atoms. The molecule has 0 aliphatic rings. The van der Waals surface area contributed by atoms with E-state index in [0.717, 1.165) is 25.7 Å². The van der Waals surface area contributed by atoms with Crippen LogP contribution in [0.1, 0.15) is 44.9 Å². The molecule has 0 aromatic heterocycles. The summed E-state index contributed by atoms with van der Waals surface area (Å²) in [6.45, 7) is 0.317. The predicted octanol–water partition coefficient (Wildman–Crippen LogP) is 3.67. The molecule has 1 rings (SSSR count). The Morgan fingerprint density at radius 2 is 1.50 bits per heavy atom. The maximum Gasteiger partial charge on any atom is 0.573 e. The first-order chi connectivity index (χ1) is 16.6. The van der Waals surface area contributed by atoms with Gasteiger partial charge in [0.15, 0.2) is 0 Å². The first-order valence-electron chi connectivity index (χ1n) is 11.4. The fourth-order valence-electron chi connectivity index (χ4n) is 3.08. The number of carboxylic acid groups (broad SMARTS) is 1. The third-order valence-electron chi connectivity index (χ3n) is 4.85. The van der Waals surface area contributed by atoms with E-state index in [1.165, 1.54) is 45.4 Å². The molecule has 0 aliphatic heterocycles. The number of carbonyl (C=O) groups is 1. The largest absolute Gasteiger partial charge is 0.804 e. The SMILES string of the molecule is C[N+](C)(C)C([O-])[C@@H](CC(=O)O)OP(=O)(O)OCCCCCCCCOc1ccc(OC(F)(F)F)cc1. The van der Waals surface area contributed by atoms with Gasteiger partial charge in [-0.05, 0) is 37.1 Å². The van der Waals surface area contributed by atoms with Crippen molar-refractivity contribution in [1.29, 1.82) is 0 Å². The molecule has 208 valence electrons. The standard InChI is InChI=1S/C22H35F3NO9P/c1-26(2,3)21(29)19(16-20(27)28)35-36(30,31)33-15-9-7-5-4-6-8-14-32-17-10-12-18(13-11-17)34-22(23,24)25/h10-13,19,21H,4-9,14-16H2,1-3H3,(H,27,28)(H,30,31)/t19-,21?/m1/s1. The molecule has 0 saturated carbocycles. The number of nitrogens with zero attached hydrogens (tertiary/aromatic N) is 1. The predicted molar refractivity (Wildman–Crippen MR) is 121 cm³/mol. The average Bonchev–Trinajstić information content (AvgIpc) is 2.73. The summed E-state index contributed by atoms with van der Waals surface area (Å²) in [4.78, 5) is 20.9. The fraction of sp³-hybridized carbons (Fsp3) is 0.682. The third kappa shape index (κ3) is 14.6. The zero-order chi connectivity index (χ0) is 27.4. The number of likely N-dealkylation sites (N-methyl/N-ethyl adjacent to an activating group) is 1. The van der Waals surface area contributed by atoms with Crippen LogP contribution >= 0.6 is 7.82 Å². The van der Waals surface area contributed by atoms with E-state index in [4.69, 9.17) is 18.9 Å². The van der Waals surface area contributed by atoms with Crippen molar-refractivity contribution in [2.75, 3.05) is 34.4 Å². The molecule has 36 heavy (non-hydrogen) atoms. The molecule has 3 atom stereocenters. The Kier molecular flexibility index (Phi) is 13.2. The van der Waals surface area contributed by atoms with E-state index in [2.05, 4.69) is 4.74 Å². The van der Waals surface area contributed by atoms with Crippen molar-refractivity contribution in [1.82, 2.24) is 0 Å². The summed E-state index contributed by atoms with van der Waals surface area (Å²) in [7, 11) is -0.0132. The van der Waals surface area contributed by atoms with Crippen LogP contribution in [0.4, 0.5) is 13.2 Å². The number of aliphatic carboxylic acids is 1. The van der Waals surface area contributed by atoms with E-state index in [-0.39, 0.29) is 16.8 Å². The van der Waals surface area contributed by atoms with Crippen molar-refractivity contribution >= 4 is 13.8 Å². The maximum atomic E-state index is 12.4. The van der Waals surface area contributed by atoms with Gasteiger partial charge < -0.3 is 29.1 Å². The number of phosphoric ester groups is 1. The number of phosphoric acid groups is 1. The van der Waals surface area contributed by atoms with E-state index in [9.17, 15) is 32.5 Å². The lowest BCUT2D eigenvalue weighted by Gasteiger charge is -2.42. The van der Waals surface area contributed by atoms with Crippen LogP contribution in [-0.2, 0) is 18.4 Å². The van der Waals surface area contributed by atoms with Crippen LogP contribution in [0.3, 0.4) is 0 Å². The number of carboxylic acids is 1. The van der Waals surface area contributed by atoms with Crippen LogP contribution in [0.25, 0.3) is 0 Å². The number of hydrogen-bond donors (Lipinski definition) is 2. The Balaban J connectivity index is 2.19. The van der Waals surface area contributed by atoms with Gasteiger partial charge in [0.05, 0.1) is 40.8 Å². The van der Waals surface area contributed by atoms with Crippen LogP contribution in [0, 0.1) is 0 Å². The molecule has 0 heterocycles. The van der Waals surface area contributed by atoms with E-state index in [1.807, 2.05) is 0 Å². The van der Waals surface area contributed by atoms with E-state index in [1.54, 1.807) is 0 Å². The normalized spacial score (nSPS) is 15.7. The van der Waals surface area contributed by atoms with Crippen molar-refractivity contribution in [3.63, 3.8) is 0 Å². The van der Waals surface area contributed by atoms with Crippen molar-refractivity contribution in [2.24, 2.45) is 0 Å². The molecule has 14 heteroatoms. The molecular weight excluding hydrogens is 510 g/mol. The quantitative estimate of drug-likeness (QED) is 0.123. The number of halogens is 3. The second kappa shape index (κ2) is 14.7. The molecule has 0 aliphatic carbocycles. The van der Waals surface area contributed by atoms with Crippen LogP contribution in [0.2, 0.25) is 0 Å². The summed E-state index contributed by atoms with van der Waals surface area (Å²) in [5.74, 6) is -1.21. The van der Waals surface area contributed by atoms with Crippen LogP contribution in [0.5, 0.6) is 11.5 Å². The molecule has 0 saturated heterocycles. The molecule has 2 N–H and O–H groups in total. The van der Waals surface area contributed by atoms with E-state index >= 15 is 0 Å². The zero-order valence-corrected chi connectivity index (χ0v) is 21.5. The van der Waals surface area contributed by atoms with Gasteiger partial charge in [-0.3, -0.25) is 13.8 Å². The van der Waals surface area contributed by atoms with Gasteiger partial charge in [0.25, 0.3) is 0 Å². The van der Waals surface area contributed by atoms with Gasteiger partial charge in [-0.25, -0.2) is 4.57 Å². The van der Waals surface area contributed by atoms with Crippen molar-refractivity contribution in [3.8, 4) is 11.5 Å². The number of hydrogen-bond acceptors (Lipinski definition) is 7. The van der Waals surface area contributed by atoms with Crippen molar-refractivity contribution < 1.29 is 60.6 Å². The second-order valence-corrected chi connectivity index (χ2v) is 10.4. The minimum Gasteiger partial charge on any atom is -0.804 e. The van der Waals surface area contributed by atoms with Gasteiger partial charge in [-0.2, -0.15) is 0 Å². The van der Waals surface area contributed by atoms with Crippen molar-refractivity contribution in [2.45, 2.75) is 63.6 Å². The lowest BCUT2D eigenvalue weighted by Crippen LogP contribution is -2.60. The molecule has 2 unspecified atom stereocenters. The summed E-state index contributed by atoms with van der Waals surface area (Å²) in [6.07, 6.45) is -4.12. The van der Waals surface area contributed by atoms with Gasteiger partial charge in [0.2, 0.25) is 0 Å². The summed E-state index contributed by atoms with van der Waals surface area (Å²) < 4.78 is 67.4. The highest BCUT2D eigenvalue weighted by atomic mass is 31.2. The Morgan fingerprint density at radius 3 is 2.00 bits per heavy atom. The Labute approximate surface area is 208 Å². The molecular formula is C22H35F3NO9P. The molecule has 10 nitrogen and oxygen atoms in total. The number of quaternary nitrogens is 1. The van der Waals surface area contributed by atoms with Gasteiger partial charge in [0.1, 0.15) is 17.6 Å². The van der Waals surface area contributed by atoms with Gasteiger partial charge in [-0.15, -0.1) is 13.2 Å². The first-order valence-corrected chi connectivity index (χ1v) is 12.9. The smallest absolute Gasteiger partial charge is 0.573 e. The number of unbranched alkanes of at least 4 members (excludes halogenated alkanes) is 5. The van der Waals surface area contributed by atoms with E-state index in [0.29, 0.717) is 25.2 Å². The van der Waals surface area contributed by atoms with E-state index < -0.39 is 38.9 Å². The topological polar surface area (TPSA) is 135 Å². The lowest BCUT2D eigenvalue weighted by molar-refractivity contribution is -0.973. The Morgan fingerprint density at radius 1 is 1.00 bits per heavy atom. The van der Waals surface area contributed by atoms with Crippen LogP contribution < -0.4 is 14.6 Å². The minimum atomic E-state index is -4.74. The van der Waals surface area contributed by atoms with Crippen molar-refractivity contribution in [3.05, 3.63) is 24.3 Å². The van der Waals surface area contributed by atoms with Crippen LogP contribution in [-0.4, -0.2) is 73.5 Å². The van der Waals surface area contributed by atoms with Gasteiger partial charge in [0, 0.05) is 6.23 Å². The Hall–Kier alpha value is -1.89. The summed E-state index contributed by atoms with van der Waals surface area (Å²) in [5.41, 5.74) is 0. The van der Waals surface area contributed by atoms with Gasteiger partial charge >= 0.3 is 20.2 Å². The highest BCUT2D eigenvalue weighted by Gasteiger charge is 2.34. The molecule has 0 spiro atoms. The number of alkyl halides is 3. The third-order valence-corrected chi connectivity index (χ3v) is 5.89. The fourth-order valence-corrected chi connectivity index (χ4v) is 4.02. The lowest BCUT2D eigenvalue weighted by atomic mass is 10.1. The molecule has 0 fully saturated rings. The number of rotatable bonds is 18. The second-order valence-electron chi connectivity index (χ2n) is 9.04. The zero-order valence-electron chi connectivity index (χ0n) is 20.6. The van der Waals surface area contributed by atoms with Gasteiger partial charge in [-0.1, -0.05) is 25.7 Å². The minimum absolute atomic E-state index is 0.0847.